The molecule has 4 N–H and O–H groups in total. The molecule has 0 aliphatic rings. The monoisotopic (exact) mass is 200 g/mol. The van der Waals surface area contributed by atoms with Gasteiger partial charge in [-0.1, -0.05) is 11.8 Å². The fraction of sp³-hybridized carbons (Fsp3) is 0.143. The average Bonchev–Trinajstić information content (AvgIpc) is 2.14. The Balaban J connectivity index is 2.55. The summed E-state index contributed by atoms with van der Waals surface area (Å²) in [5.74, 6) is 5.07. The number of hydrogen-bond donors (Lipinski definition) is 2. The number of halogens is 1. The van der Waals surface area contributed by atoms with Gasteiger partial charge >= 0.3 is 0 Å². The normalized spacial score (nSPS) is 11.6. The van der Waals surface area contributed by atoms with E-state index in [1.807, 2.05) is 0 Å². The van der Waals surface area contributed by atoms with Gasteiger partial charge in [0.2, 0.25) is 0 Å². The maximum atomic E-state index is 12.6. The minimum absolute atomic E-state index is 0.268. The van der Waals surface area contributed by atoms with E-state index in [4.69, 9.17) is 11.6 Å². The summed E-state index contributed by atoms with van der Waals surface area (Å²) in [4.78, 5) is 3.69. The summed E-state index contributed by atoms with van der Waals surface area (Å²) in [6.45, 7) is 0. The third kappa shape index (κ3) is 3.29. The standard InChI is InChI=1S/C7H9FN4S/c8-6-1-5(2-11-3-6)4-13-7(9)12-10/h1-3H,4,10H2,(H2,9,12). The minimum atomic E-state index is -0.360. The first kappa shape index (κ1) is 9.79. The number of pyridine rings is 1. The lowest BCUT2D eigenvalue weighted by Crippen LogP contribution is -2.09. The van der Waals surface area contributed by atoms with Crippen LogP contribution >= 0.6 is 11.8 Å². The summed E-state index contributed by atoms with van der Waals surface area (Å²) in [6, 6.07) is 1.39. The van der Waals surface area contributed by atoms with Gasteiger partial charge in [-0.25, -0.2) is 4.39 Å². The van der Waals surface area contributed by atoms with Crippen LogP contribution in [-0.4, -0.2) is 10.2 Å². The number of rotatable bonds is 2. The van der Waals surface area contributed by atoms with E-state index >= 15 is 0 Å². The van der Waals surface area contributed by atoms with Crippen LogP contribution in [0.4, 0.5) is 4.39 Å². The van der Waals surface area contributed by atoms with Gasteiger partial charge in [0.1, 0.15) is 5.82 Å². The van der Waals surface area contributed by atoms with Gasteiger partial charge in [-0.2, -0.15) is 5.10 Å². The van der Waals surface area contributed by atoms with E-state index in [-0.39, 0.29) is 11.0 Å². The molecule has 0 fully saturated rings. The van der Waals surface area contributed by atoms with E-state index in [2.05, 4.69) is 10.1 Å². The van der Waals surface area contributed by atoms with Gasteiger partial charge in [0.25, 0.3) is 0 Å². The Morgan fingerprint density at radius 3 is 3.00 bits per heavy atom. The molecule has 1 heterocycles. The maximum absolute atomic E-state index is 12.6. The van der Waals surface area contributed by atoms with Gasteiger partial charge in [0, 0.05) is 11.9 Å². The molecule has 6 heteroatoms. The minimum Gasteiger partial charge on any atom is -0.377 e. The first-order valence-corrected chi connectivity index (χ1v) is 4.46. The summed E-state index contributed by atoms with van der Waals surface area (Å²) in [7, 11) is 0. The van der Waals surface area contributed by atoms with Crippen LogP contribution in [0.1, 0.15) is 5.56 Å². The molecule has 1 rings (SSSR count). The molecule has 0 saturated heterocycles. The van der Waals surface area contributed by atoms with Crippen LogP contribution in [-0.2, 0) is 5.75 Å². The Morgan fingerprint density at radius 2 is 2.38 bits per heavy atom. The van der Waals surface area contributed by atoms with Crippen molar-refractivity contribution in [3.05, 3.63) is 29.8 Å². The van der Waals surface area contributed by atoms with E-state index in [0.29, 0.717) is 5.75 Å². The quantitative estimate of drug-likeness (QED) is 0.318. The zero-order valence-electron chi connectivity index (χ0n) is 6.77. The molecule has 0 aliphatic carbocycles. The predicted octanol–water partition coefficient (Wildman–Crippen LogP) is 0.642. The van der Waals surface area contributed by atoms with Crippen molar-refractivity contribution in [1.29, 1.82) is 0 Å². The van der Waals surface area contributed by atoms with Crippen LogP contribution in [0.5, 0.6) is 0 Å². The molecule has 70 valence electrons. The smallest absolute Gasteiger partial charge is 0.177 e. The summed E-state index contributed by atoms with van der Waals surface area (Å²) < 4.78 is 12.6. The Labute approximate surface area is 79.2 Å². The number of amidine groups is 1. The summed E-state index contributed by atoms with van der Waals surface area (Å²) >= 11 is 1.23. The van der Waals surface area contributed by atoms with Crippen LogP contribution < -0.4 is 11.6 Å². The second-order valence-corrected chi connectivity index (χ2v) is 3.26. The fourth-order valence-electron chi connectivity index (χ4n) is 0.729. The highest BCUT2D eigenvalue weighted by atomic mass is 32.2. The first-order chi connectivity index (χ1) is 6.22. The first-order valence-electron chi connectivity index (χ1n) is 3.48. The Bertz CT molecular complexity index is 315. The van der Waals surface area contributed by atoms with E-state index in [9.17, 15) is 4.39 Å². The van der Waals surface area contributed by atoms with E-state index < -0.39 is 0 Å². The second-order valence-electron chi connectivity index (χ2n) is 2.27. The molecule has 0 radical (unpaired) electrons. The van der Waals surface area contributed by atoms with Crippen LogP contribution in [0.2, 0.25) is 0 Å². The number of nitrogens with zero attached hydrogens (tertiary/aromatic N) is 2. The summed E-state index contributed by atoms with van der Waals surface area (Å²) in [5, 5.41) is 3.54. The van der Waals surface area contributed by atoms with Crippen molar-refractivity contribution in [3.63, 3.8) is 0 Å². The highest BCUT2D eigenvalue weighted by Crippen LogP contribution is 2.11. The number of hydrazone groups is 1. The molecule has 1 aromatic heterocycles. The zero-order chi connectivity index (χ0) is 9.68. The maximum Gasteiger partial charge on any atom is 0.177 e. The fourth-order valence-corrected chi connectivity index (χ4v) is 1.28. The van der Waals surface area contributed by atoms with Crippen molar-refractivity contribution >= 4 is 16.9 Å². The van der Waals surface area contributed by atoms with Crippen molar-refractivity contribution < 1.29 is 4.39 Å². The van der Waals surface area contributed by atoms with Gasteiger partial charge in [0.05, 0.1) is 6.20 Å². The lowest BCUT2D eigenvalue weighted by atomic mass is 10.3. The third-order valence-corrected chi connectivity index (χ3v) is 2.15. The largest absolute Gasteiger partial charge is 0.377 e. The number of aromatic nitrogens is 1. The van der Waals surface area contributed by atoms with Crippen LogP contribution in [0.15, 0.2) is 23.6 Å². The predicted molar refractivity (Wildman–Crippen MR) is 51.3 cm³/mol. The molecule has 0 aliphatic heterocycles. The molecule has 0 amide bonds. The molecule has 0 aromatic carbocycles. The lowest BCUT2D eigenvalue weighted by molar-refractivity contribution is 0.619. The molecule has 0 unspecified atom stereocenters. The molecular weight excluding hydrogens is 191 g/mol. The number of hydrogen-bond acceptors (Lipinski definition) is 4. The van der Waals surface area contributed by atoms with Crippen molar-refractivity contribution in [2.45, 2.75) is 5.75 Å². The Morgan fingerprint density at radius 1 is 1.62 bits per heavy atom. The molecule has 0 spiro atoms. The molecular formula is C7H9FN4S. The van der Waals surface area contributed by atoms with Crippen molar-refractivity contribution in [2.75, 3.05) is 0 Å². The number of thioether (sulfide) groups is 1. The van der Waals surface area contributed by atoms with Crippen molar-refractivity contribution in [2.24, 2.45) is 16.7 Å². The van der Waals surface area contributed by atoms with Gasteiger partial charge < -0.3 is 11.6 Å². The molecule has 0 atom stereocenters. The van der Waals surface area contributed by atoms with E-state index in [1.165, 1.54) is 17.8 Å². The van der Waals surface area contributed by atoms with Crippen molar-refractivity contribution in [1.82, 2.24) is 4.98 Å². The van der Waals surface area contributed by atoms with Crippen LogP contribution in [0.25, 0.3) is 0 Å². The zero-order valence-corrected chi connectivity index (χ0v) is 7.59. The number of nitrogens with two attached hydrogens (primary N) is 2. The molecule has 1 aromatic rings. The highest BCUT2D eigenvalue weighted by Gasteiger charge is 1.98. The lowest BCUT2D eigenvalue weighted by Gasteiger charge is -1.99. The average molecular weight is 200 g/mol. The molecule has 4 nitrogen and oxygen atoms in total. The van der Waals surface area contributed by atoms with Gasteiger partial charge in [-0.05, 0) is 11.6 Å². The van der Waals surface area contributed by atoms with Gasteiger partial charge in [-0.15, -0.1) is 0 Å². The second kappa shape index (κ2) is 4.66. The highest BCUT2D eigenvalue weighted by molar-refractivity contribution is 8.13. The van der Waals surface area contributed by atoms with E-state index in [0.717, 1.165) is 11.8 Å². The van der Waals surface area contributed by atoms with Crippen molar-refractivity contribution in [3.8, 4) is 0 Å². The SMILES string of the molecule is N/N=C(/N)SCc1cncc(F)c1. The Hall–Kier alpha value is -1.30. The van der Waals surface area contributed by atoms with Crippen LogP contribution in [0, 0.1) is 5.82 Å². The Kier molecular flexibility index (Phi) is 3.51. The molecule has 13 heavy (non-hydrogen) atoms. The summed E-state index contributed by atoms with van der Waals surface area (Å²) in [6.07, 6.45) is 2.72. The van der Waals surface area contributed by atoms with E-state index in [1.54, 1.807) is 6.20 Å². The molecule has 0 bridgehead atoms. The van der Waals surface area contributed by atoms with Gasteiger partial charge in [0.15, 0.2) is 5.17 Å². The molecule has 0 saturated carbocycles. The third-order valence-electron chi connectivity index (χ3n) is 1.28. The summed E-state index contributed by atoms with van der Waals surface area (Å²) in [5.41, 5.74) is 6.08. The topological polar surface area (TPSA) is 77.3 Å². The van der Waals surface area contributed by atoms with Crippen LogP contribution in [0.3, 0.4) is 0 Å². The van der Waals surface area contributed by atoms with Gasteiger partial charge in [-0.3, -0.25) is 4.98 Å².